The highest BCUT2D eigenvalue weighted by molar-refractivity contribution is 7.13. The molecule has 0 bridgehead atoms. The Kier molecular flexibility index (Phi) is 3.99. The minimum atomic E-state index is -0.270. The Morgan fingerprint density at radius 1 is 1.27 bits per heavy atom. The van der Waals surface area contributed by atoms with Gasteiger partial charge in [0.1, 0.15) is 0 Å². The first-order chi connectivity index (χ1) is 6.80. The first kappa shape index (κ1) is 13.2. The lowest BCUT2D eigenvalue weighted by Crippen LogP contribution is -2.41. The Bertz CT molecular complexity index is 240. The van der Waals surface area contributed by atoms with Gasteiger partial charge in [-0.3, -0.25) is 0 Å². The van der Waals surface area contributed by atoms with E-state index in [0.717, 1.165) is 18.4 Å². The molecule has 1 atom stereocenters. The van der Waals surface area contributed by atoms with Crippen LogP contribution in [0.2, 0.25) is 0 Å². The van der Waals surface area contributed by atoms with Gasteiger partial charge >= 0.3 is 7.12 Å². The zero-order chi connectivity index (χ0) is 11.7. The van der Waals surface area contributed by atoms with Crippen LogP contribution in [0.1, 0.15) is 34.1 Å². The third-order valence-electron chi connectivity index (χ3n) is 3.18. The standard InChI is InChI=1S/C10H21BNO2P/c1-8(6-7-12-15)11-13-9(2,3)10(4,5)14-11/h12H,1,6-7,15H2,2-5H3. The third kappa shape index (κ3) is 2.82. The predicted octanol–water partition coefficient (Wildman–Crippen LogP) is 1.94. The first-order valence-electron chi connectivity index (χ1n) is 5.27. The largest absolute Gasteiger partial charge is 0.490 e. The molecule has 0 aliphatic carbocycles. The van der Waals surface area contributed by atoms with Crippen LogP contribution in [0, 0.1) is 0 Å². The molecule has 0 amide bonds. The van der Waals surface area contributed by atoms with E-state index in [-0.39, 0.29) is 18.3 Å². The second-order valence-electron chi connectivity index (χ2n) is 4.95. The SMILES string of the molecule is C=C(CCNP)B1OC(C)(C)C(C)(C)O1. The van der Waals surface area contributed by atoms with Gasteiger partial charge in [-0.2, -0.15) is 0 Å². The Morgan fingerprint density at radius 2 is 1.73 bits per heavy atom. The van der Waals surface area contributed by atoms with E-state index in [1.54, 1.807) is 0 Å². The second kappa shape index (κ2) is 4.54. The highest BCUT2D eigenvalue weighted by Gasteiger charge is 2.51. The van der Waals surface area contributed by atoms with E-state index in [1.807, 2.05) is 27.7 Å². The summed E-state index contributed by atoms with van der Waals surface area (Å²) in [6.45, 7) is 13.1. The van der Waals surface area contributed by atoms with E-state index in [4.69, 9.17) is 9.31 Å². The molecule has 1 saturated heterocycles. The van der Waals surface area contributed by atoms with Crippen LogP contribution in [-0.2, 0) is 9.31 Å². The van der Waals surface area contributed by atoms with Gasteiger partial charge in [-0.05, 0) is 39.6 Å². The Hall–Kier alpha value is 0.115. The monoisotopic (exact) mass is 229 g/mol. The molecule has 5 heteroatoms. The molecule has 3 nitrogen and oxygen atoms in total. The maximum absolute atomic E-state index is 5.87. The molecule has 86 valence electrons. The molecule has 0 aromatic rings. The van der Waals surface area contributed by atoms with Crippen molar-refractivity contribution in [2.75, 3.05) is 6.54 Å². The van der Waals surface area contributed by atoms with Crippen molar-refractivity contribution < 1.29 is 9.31 Å². The maximum atomic E-state index is 5.87. The summed E-state index contributed by atoms with van der Waals surface area (Å²) in [5.41, 5.74) is 0.452. The molecular weight excluding hydrogens is 208 g/mol. The van der Waals surface area contributed by atoms with Crippen LogP contribution < -0.4 is 5.09 Å². The fraction of sp³-hybridized carbons (Fsp3) is 0.800. The minimum absolute atomic E-state index is 0.269. The quantitative estimate of drug-likeness (QED) is 0.590. The lowest BCUT2D eigenvalue weighted by Gasteiger charge is -2.32. The van der Waals surface area contributed by atoms with Crippen LogP contribution in [0.15, 0.2) is 12.1 Å². The van der Waals surface area contributed by atoms with Crippen LogP contribution in [0.5, 0.6) is 0 Å². The molecule has 1 N–H and O–H groups in total. The molecule has 1 unspecified atom stereocenters. The van der Waals surface area contributed by atoms with Crippen molar-refractivity contribution >= 4 is 16.5 Å². The summed E-state index contributed by atoms with van der Waals surface area (Å²) in [7, 11) is 2.20. The molecule has 1 fully saturated rings. The summed E-state index contributed by atoms with van der Waals surface area (Å²) < 4.78 is 11.7. The molecule has 0 aromatic heterocycles. The van der Waals surface area contributed by atoms with Crippen molar-refractivity contribution in [3.8, 4) is 0 Å². The van der Waals surface area contributed by atoms with Crippen LogP contribution in [0.25, 0.3) is 0 Å². The smallest absolute Gasteiger partial charge is 0.400 e. The maximum Gasteiger partial charge on any atom is 0.490 e. The minimum Gasteiger partial charge on any atom is -0.400 e. The van der Waals surface area contributed by atoms with Gasteiger partial charge in [0.15, 0.2) is 0 Å². The number of hydrogen-bond donors (Lipinski definition) is 1. The predicted molar refractivity (Wildman–Crippen MR) is 67.6 cm³/mol. The molecule has 1 heterocycles. The number of nitrogens with one attached hydrogen (secondary N) is 1. The topological polar surface area (TPSA) is 30.5 Å². The summed E-state index contributed by atoms with van der Waals surface area (Å²) in [5, 5.41) is 3.01. The molecule has 0 spiro atoms. The molecule has 1 aliphatic rings. The first-order valence-corrected chi connectivity index (χ1v) is 5.85. The highest BCUT2D eigenvalue weighted by atomic mass is 31.0. The summed E-state index contributed by atoms with van der Waals surface area (Å²) >= 11 is 0. The van der Waals surface area contributed by atoms with Crippen LogP contribution >= 0.6 is 9.39 Å². The number of rotatable bonds is 4. The van der Waals surface area contributed by atoms with Gasteiger partial charge in [0.25, 0.3) is 0 Å². The van der Waals surface area contributed by atoms with Crippen molar-refractivity contribution in [3.63, 3.8) is 0 Å². The molecule has 0 saturated carbocycles. The van der Waals surface area contributed by atoms with Crippen LogP contribution in [-0.4, -0.2) is 24.9 Å². The van der Waals surface area contributed by atoms with Crippen molar-refractivity contribution in [1.29, 1.82) is 0 Å². The van der Waals surface area contributed by atoms with Gasteiger partial charge in [0.2, 0.25) is 0 Å². The van der Waals surface area contributed by atoms with Crippen molar-refractivity contribution in [3.05, 3.63) is 12.1 Å². The Balaban J connectivity index is 2.59. The van der Waals surface area contributed by atoms with Gasteiger partial charge in [-0.1, -0.05) is 9.39 Å². The lowest BCUT2D eigenvalue weighted by atomic mass is 9.77. The zero-order valence-corrected chi connectivity index (χ0v) is 11.2. The summed E-state index contributed by atoms with van der Waals surface area (Å²) in [4.78, 5) is 0. The average molecular weight is 229 g/mol. The Morgan fingerprint density at radius 3 is 2.13 bits per heavy atom. The number of hydrogen-bond acceptors (Lipinski definition) is 3. The zero-order valence-electron chi connectivity index (χ0n) is 10.1. The summed E-state index contributed by atoms with van der Waals surface area (Å²) in [6, 6.07) is 0. The summed E-state index contributed by atoms with van der Waals surface area (Å²) in [6.07, 6.45) is 0.861. The third-order valence-corrected chi connectivity index (χ3v) is 3.47. The highest BCUT2D eigenvalue weighted by Crippen LogP contribution is 2.38. The van der Waals surface area contributed by atoms with Gasteiger partial charge in [-0.15, -0.1) is 6.58 Å². The van der Waals surface area contributed by atoms with Gasteiger partial charge in [0.05, 0.1) is 11.2 Å². The molecule has 0 radical (unpaired) electrons. The molecule has 0 aromatic carbocycles. The second-order valence-corrected chi connectivity index (χ2v) is 5.36. The van der Waals surface area contributed by atoms with Crippen molar-refractivity contribution in [1.82, 2.24) is 5.09 Å². The van der Waals surface area contributed by atoms with Crippen molar-refractivity contribution in [2.24, 2.45) is 0 Å². The Labute approximate surface area is 95.4 Å². The van der Waals surface area contributed by atoms with E-state index < -0.39 is 0 Å². The molecule has 1 rings (SSSR count). The van der Waals surface area contributed by atoms with E-state index in [1.165, 1.54) is 0 Å². The van der Waals surface area contributed by atoms with Crippen LogP contribution in [0.4, 0.5) is 0 Å². The molecule has 1 aliphatic heterocycles. The van der Waals surface area contributed by atoms with Crippen LogP contribution in [0.3, 0.4) is 0 Å². The average Bonchev–Trinajstić information content (AvgIpc) is 2.32. The lowest BCUT2D eigenvalue weighted by molar-refractivity contribution is 0.00578. The molecular formula is C10H21BNO2P. The summed E-state index contributed by atoms with van der Waals surface area (Å²) in [5.74, 6) is 0. The van der Waals surface area contributed by atoms with Gasteiger partial charge in [0, 0.05) is 6.54 Å². The molecule has 15 heavy (non-hydrogen) atoms. The van der Waals surface area contributed by atoms with E-state index in [9.17, 15) is 0 Å². The normalized spacial score (nSPS) is 23.1. The van der Waals surface area contributed by atoms with E-state index in [0.29, 0.717) is 0 Å². The fourth-order valence-corrected chi connectivity index (χ4v) is 1.50. The van der Waals surface area contributed by atoms with E-state index >= 15 is 0 Å². The van der Waals surface area contributed by atoms with Gasteiger partial charge in [-0.25, -0.2) is 0 Å². The fourth-order valence-electron chi connectivity index (χ4n) is 1.36. The van der Waals surface area contributed by atoms with E-state index in [2.05, 4.69) is 21.1 Å². The van der Waals surface area contributed by atoms with Crippen molar-refractivity contribution in [2.45, 2.75) is 45.3 Å². The van der Waals surface area contributed by atoms with Gasteiger partial charge < -0.3 is 14.4 Å².